The molecule has 1 atom stereocenters. The molecule has 1 unspecified atom stereocenters. The van der Waals surface area contributed by atoms with Crippen LogP contribution in [0.15, 0.2) is 0 Å². The Morgan fingerprint density at radius 1 is 1.50 bits per heavy atom. The lowest BCUT2D eigenvalue weighted by atomic mass is 10.1. The molecule has 0 aromatic rings. The zero-order valence-corrected chi connectivity index (χ0v) is 11.1. The molecule has 16 heavy (non-hydrogen) atoms. The van der Waals surface area contributed by atoms with Gasteiger partial charge in [-0.05, 0) is 27.3 Å². The first-order valence-electron chi connectivity index (χ1n) is 6.09. The topological polar surface area (TPSA) is 33.7 Å². The molecule has 1 aliphatic heterocycles. The molecule has 4 nitrogen and oxygen atoms in total. The van der Waals surface area contributed by atoms with Crippen molar-refractivity contribution in [3.05, 3.63) is 0 Å². The molecule has 96 valence electrons. The Morgan fingerprint density at radius 2 is 2.25 bits per heavy atom. The molecule has 0 radical (unpaired) electrons. The van der Waals surface area contributed by atoms with Gasteiger partial charge in [-0.15, -0.1) is 0 Å². The minimum Gasteiger partial charge on any atom is -0.379 e. The van der Waals surface area contributed by atoms with Crippen molar-refractivity contribution in [3.8, 4) is 0 Å². The average molecular weight is 230 g/mol. The monoisotopic (exact) mass is 230 g/mol. The van der Waals surface area contributed by atoms with E-state index in [1.165, 1.54) is 0 Å². The van der Waals surface area contributed by atoms with Crippen LogP contribution >= 0.6 is 0 Å². The largest absolute Gasteiger partial charge is 0.379 e. The summed E-state index contributed by atoms with van der Waals surface area (Å²) in [4.78, 5) is 2.32. The molecule has 0 amide bonds. The van der Waals surface area contributed by atoms with Gasteiger partial charge in [0.1, 0.15) is 0 Å². The fourth-order valence-electron chi connectivity index (χ4n) is 1.74. The van der Waals surface area contributed by atoms with E-state index in [4.69, 9.17) is 9.47 Å². The normalized spacial score (nSPS) is 22.7. The van der Waals surface area contributed by atoms with E-state index in [0.29, 0.717) is 6.10 Å². The first kappa shape index (κ1) is 13.9. The Kier molecular flexibility index (Phi) is 5.69. The van der Waals surface area contributed by atoms with Crippen LogP contribution in [0.25, 0.3) is 0 Å². The zero-order chi connectivity index (χ0) is 12.0. The van der Waals surface area contributed by atoms with Crippen LogP contribution in [0.3, 0.4) is 0 Å². The van der Waals surface area contributed by atoms with Crippen molar-refractivity contribution >= 4 is 0 Å². The smallest absolute Gasteiger partial charge is 0.0826 e. The Morgan fingerprint density at radius 3 is 2.81 bits per heavy atom. The molecule has 0 aliphatic carbocycles. The summed E-state index contributed by atoms with van der Waals surface area (Å²) in [5, 5.41) is 3.35. The van der Waals surface area contributed by atoms with Crippen molar-refractivity contribution in [2.24, 2.45) is 0 Å². The number of nitrogens with zero attached hydrogens (tertiary/aromatic N) is 1. The summed E-state index contributed by atoms with van der Waals surface area (Å²) >= 11 is 0. The lowest BCUT2D eigenvalue weighted by molar-refractivity contribution is -0.00826. The van der Waals surface area contributed by atoms with Crippen molar-refractivity contribution in [1.29, 1.82) is 0 Å². The maximum Gasteiger partial charge on any atom is 0.0826 e. The third kappa shape index (κ3) is 5.25. The highest BCUT2D eigenvalue weighted by atomic mass is 16.5. The van der Waals surface area contributed by atoms with Crippen LogP contribution in [0.4, 0.5) is 0 Å². The number of likely N-dealkylation sites (N-methyl/N-ethyl adjacent to an activating group) is 1. The quantitative estimate of drug-likeness (QED) is 0.729. The van der Waals surface area contributed by atoms with Crippen LogP contribution in [0, 0.1) is 0 Å². The molecule has 4 heteroatoms. The van der Waals surface area contributed by atoms with Crippen LogP contribution in [-0.4, -0.2) is 63.5 Å². The van der Waals surface area contributed by atoms with Gasteiger partial charge in [-0.2, -0.15) is 0 Å². The predicted octanol–water partition coefficient (Wildman–Crippen LogP) is 0.722. The van der Waals surface area contributed by atoms with E-state index in [1.54, 1.807) is 7.11 Å². The fraction of sp³-hybridized carbons (Fsp3) is 1.00. The number of morpholine rings is 1. The fourth-order valence-corrected chi connectivity index (χ4v) is 1.74. The SMILES string of the molecule is COC(C)(C)CCN(C)CC1CNCCO1. The number of ether oxygens (including phenoxy) is 2. The van der Waals surface area contributed by atoms with E-state index >= 15 is 0 Å². The maximum absolute atomic E-state index is 5.67. The number of hydrogen-bond donors (Lipinski definition) is 1. The molecule has 1 fully saturated rings. The molecule has 0 saturated carbocycles. The molecular weight excluding hydrogens is 204 g/mol. The minimum absolute atomic E-state index is 0.0278. The first-order chi connectivity index (χ1) is 7.53. The summed E-state index contributed by atoms with van der Waals surface area (Å²) in [6.07, 6.45) is 1.38. The van der Waals surface area contributed by atoms with Crippen LogP contribution in [-0.2, 0) is 9.47 Å². The molecule has 1 aliphatic rings. The molecule has 1 rings (SSSR count). The van der Waals surface area contributed by atoms with Crippen LogP contribution in [0.2, 0.25) is 0 Å². The second kappa shape index (κ2) is 6.55. The van der Waals surface area contributed by atoms with Crippen LogP contribution in [0.1, 0.15) is 20.3 Å². The lowest BCUT2D eigenvalue weighted by Crippen LogP contribution is -2.45. The lowest BCUT2D eigenvalue weighted by Gasteiger charge is -2.30. The highest BCUT2D eigenvalue weighted by Crippen LogP contribution is 2.13. The van der Waals surface area contributed by atoms with E-state index in [1.807, 2.05) is 0 Å². The maximum atomic E-state index is 5.67. The highest BCUT2D eigenvalue weighted by Gasteiger charge is 2.19. The molecule has 0 spiro atoms. The van der Waals surface area contributed by atoms with E-state index in [-0.39, 0.29) is 5.60 Å². The van der Waals surface area contributed by atoms with E-state index in [9.17, 15) is 0 Å². The van der Waals surface area contributed by atoms with Gasteiger partial charge < -0.3 is 19.7 Å². The minimum atomic E-state index is -0.0278. The second-order valence-electron chi connectivity index (χ2n) is 5.17. The van der Waals surface area contributed by atoms with Gasteiger partial charge in [-0.3, -0.25) is 0 Å². The zero-order valence-electron chi connectivity index (χ0n) is 11.1. The Bertz CT molecular complexity index is 191. The number of nitrogens with one attached hydrogen (secondary N) is 1. The molecular formula is C12H26N2O2. The van der Waals surface area contributed by atoms with Gasteiger partial charge in [0.25, 0.3) is 0 Å². The Balaban J connectivity index is 2.17. The van der Waals surface area contributed by atoms with Crippen molar-refractivity contribution < 1.29 is 9.47 Å². The van der Waals surface area contributed by atoms with E-state index in [2.05, 4.69) is 31.1 Å². The van der Waals surface area contributed by atoms with Gasteiger partial charge in [0, 0.05) is 33.3 Å². The van der Waals surface area contributed by atoms with Gasteiger partial charge in [-0.1, -0.05) is 0 Å². The summed E-state index contributed by atoms with van der Waals surface area (Å²) in [7, 11) is 3.91. The molecule has 1 saturated heterocycles. The van der Waals surface area contributed by atoms with Crippen LogP contribution in [0.5, 0.6) is 0 Å². The van der Waals surface area contributed by atoms with E-state index in [0.717, 1.165) is 39.2 Å². The molecule has 0 aromatic carbocycles. The van der Waals surface area contributed by atoms with Gasteiger partial charge in [-0.25, -0.2) is 0 Å². The van der Waals surface area contributed by atoms with Gasteiger partial charge in [0.15, 0.2) is 0 Å². The molecule has 0 aromatic heterocycles. The Hall–Kier alpha value is -0.160. The number of rotatable bonds is 6. The summed E-state index contributed by atoms with van der Waals surface area (Å²) in [6, 6.07) is 0. The van der Waals surface area contributed by atoms with Gasteiger partial charge >= 0.3 is 0 Å². The molecule has 0 bridgehead atoms. The summed E-state index contributed by atoms with van der Waals surface area (Å²) in [5.41, 5.74) is -0.0278. The van der Waals surface area contributed by atoms with Gasteiger partial charge in [0.2, 0.25) is 0 Å². The van der Waals surface area contributed by atoms with Crippen molar-refractivity contribution in [2.75, 3.05) is 46.9 Å². The predicted molar refractivity (Wildman–Crippen MR) is 65.8 cm³/mol. The average Bonchev–Trinajstić information content (AvgIpc) is 2.28. The summed E-state index contributed by atoms with van der Waals surface area (Å²) in [6.45, 7) is 9.07. The first-order valence-corrected chi connectivity index (χ1v) is 6.09. The third-order valence-corrected chi connectivity index (χ3v) is 3.17. The standard InChI is InChI=1S/C12H26N2O2/c1-12(2,15-4)5-7-14(3)10-11-9-13-6-8-16-11/h11,13H,5-10H2,1-4H3. The summed E-state index contributed by atoms with van der Waals surface area (Å²) in [5.74, 6) is 0. The summed E-state index contributed by atoms with van der Waals surface area (Å²) < 4.78 is 11.1. The number of hydrogen-bond acceptors (Lipinski definition) is 4. The second-order valence-corrected chi connectivity index (χ2v) is 5.17. The highest BCUT2D eigenvalue weighted by molar-refractivity contribution is 4.73. The van der Waals surface area contributed by atoms with Crippen molar-refractivity contribution in [3.63, 3.8) is 0 Å². The van der Waals surface area contributed by atoms with Crippen LogP contribution < -0.4 is 5.32 Å². The van der Waals surface area contributed by atoms with Crippen molar-refractivity contribution in [1.82, 2.24) is 10.2 Å². The molecule has 1 N–H and O–H groups in total. The van der Waals surface area contributed by atoms with Crippen molar-refractivity contribution in [2.45, 2.75) is 32.0 Å². The third-order valence-electron chi connectivity index (χ3n) is 3.17. The number of methoxy groups -OCH3 is 1. The molecule has 1 heterocycles. The van der Waals surface area contributed by atoms with E-state index < -0.39 is 0 Å². The Labute approximate surface area is 99.3 Å². The van der Waals surface area contributed by atoms with Gasteiger partial charge in [0.05, 0.1) is 18.3 Å².